The van der Waals surface area contributed by atoms with Gasteiger partial charge in [-0.3, -0.25) is 0 Å². The molecule has 0 spiro atoms. The van der Waals surface area contributed by atoms with E-state index in [0.29, 0.717) is 0 Å². The molecular weight excluding hydrogens is 164 g/mol. The standard InChI is InChI=1S/C9H13.Fe/c1-2-3-6-9-7-4-5-8-9;/h4-5,7-8H,2-3,6H2,1H3;/q-1;. The van der Waals surface area contributed by atoms with Crippen LogP contribution in [0.4, 0.5) is 0 Å². The van der Waals surface area contributed by atoms with E-state index in [0.717, 1.165) is 0 Å². The van der Waals surface area contributed by atoms with E-state index in [1.165, 1.54) is 24.8 Å². The summed E-state index contributed by atoms with van der Waals surface area (Å²) in [7, 11) is 0. The predicted molar refractivity (Wildman–Crippen MR) is 40.6 cm³/mol. The predicted octanol–water partition coefficient (Wildman–Crippen LogP) is 2.75. The minimum Gasteiger partial charge on any atom is -0.213 e. The first-order valence-electron chi connectivity index (χ1n) is 3.64. The molecule has 0 aliphatic heterocycles. The van der Waals surface area contributed by atoms with Crippen molar-refractivity contribution < 1.29 is 17.1 Å². The Morgan fingerprint density at radius 3 is 2.30 bits per heavy atom. The number of hydrogen-bond donors (Lipinski definition) is 0. The van der Waals surface area contributed by atoms with E-state index in [-0.39, 0.29) is 17.1 Å². The molecular formula is C9H13Fe-. The molecule has 1 aromatic rings. The van der Waals surface area contributed by atoms with Crippen molar-refractivity contribution in [2.24, 2.45) is 0 Å². The van der Waals surface area contributed by atoms with Gasteiger partial charge in [-0.1, -0.05) is 26.2 Å². The summed E-state index contributed by atoms with van der Waals surface area (Å²) in [5.74, 6) is 0. The summed E-state index contributed by atoms with van der Waals surface area (Å²) in [6.45, 7) is 2.23. The van der Waals surface area contributed by atoms with E-state index >= 15 is 0 Å². The Labute approximate surface area is 73.5 Å². The number of aryl methyl sites for hydroxylation is 1. The summed E-state index contributed by atoms with van der Waals surface area (Å²) < 4.78 is 0. The zero-order valence-electron chi connectivity index (χ0n) is 6.28. The Morgan fingerprint density at radius 2 is 1.80 bits per heavy atom. The Balaban J connectivity index is 0.000000810. The van der Waals surface area contributed by atoms with Gasteiger partial charge in [-0.25, -0.2) is 12.1 Å². The van der Waals surface area contributed by atoms with Crippen LogP contribution in [0.5, 0.6) is 0 Å². The van der Waals surface area contributed by atoms with Crippen molar-refractivity contribution in [3.8, 4) is 0 Å². The second kappa shape index (κ2) is 5.64. The van der Waals surface area contributed by atoms with E-state index in [1.54, 1.807) is 0 Å². The summed E-state index contributed by atoms with van der Waals surface area (Å²) in [5, 5.41) is 0. The molecule has 0 fully saturated rings. The SMILES string of the molecule is CCCC[c-]1cccc1.[Fe]. The van der Waals surface area contributed by atoms with E-state index in [2.05, 4.69) is 31.2 Å². The van der Waals surface area contributed by atoms with E-state index in [9.17, 15) is 0 Å². The van der Waals surface area contributed by atoms with E-state index in [4.69, 9.17) is 0 Å². The van der Waals surface area contributed by atoms with Gasteiger partial charge in [-0.2, -0.15) is 17.7 Å². The molecule has 1 rings (SSSR count). The van der Waals surface area contributed by atoms with Gasteiger partial charge in [0.15, 0.2) is 0 Å². The van der Waals surface area contributed by atoms with Gasteiger partial charge < -0.3 is 0 Å². The zero-order chi connectivity index (χ0) is 6.53. The van der Waals surface area contributed by atoms with Crippen molar-refractivity contribution in [2.75, 3.05) is 0 Å². The smallest absolute Gasteiger partial charge is 0 e. The molecule has 0 bridgehead atoms. The van der Waals surface area contributed by atoms with Gasteiger partial charge in [0.25, 0.3) is 0 Å². The Kier molecular flexibility index (Phi) is 5.57. The fraction of sp³-hybridized carbons (Fsp3) is 0.444. The molecule has 0 unspecified atom stereocenters. The molecule has 0 aromatic heterocycles. The molecule has 0 N–H and O–H groups in total. The van der Waals surface area contributed by atoms with E-state index in [1.807, 2.05) is 0 Å². The monoisotopic (exact) mass is 177 g/mol. The maximum atomic E-state index is 2.23. The second-order valence-corrected chi connectivity index (χ2v) is 2.40. The topological polar surface area (TPSA) is 0 Å². The fourth-order valence-corrected chi connectivity index (χ4v) is 0.961. The van der Waals surface area contributed by atoms with Gasteiger partial charge in [-0.15, -0.1) is 0 Å². The molecule has 0 heterocycles. The first kappa shape index (κ1) is 9.87. The number of hydrogen-bond acceptors (Lipinski definition) is 0. The van der Waals surface area contributed by atoms with Crippen LogP contribution in [-0.2, 0) is 23.5 Å². The Bertz CT molecular complexity index is 142. The van der Waals surface area contributed by atoms with Crippen LogP contribution in [0.3, 0.4) is 0 Å². The summed E-state index contributed by atoms with van der Waals surface area (Å²) in [5.41, 5.74) is 1.48. The van der Waals surface area contributed by atoms with Crippen LogP contribution < -0.4 is 0 Å². The normalized spacial score (nSPS) is 8.90. The third kappa shape index (κ3) is 3.14. The number of unbranched alkanes of at least 4 members (excludes halogenated alkanes) is 1. The van der Waals surface area contributed by atoms with E-state index < -0.39 is 0 Å². The Morgan fingerprint density at radius 1 is 1.20 bits per heavy atom. The minimum atomic E-state index is 0. The van der Waals surface area contributed by atoms with Crippen LogP contribution in [0.1, 0.15) is 25.3 Å². The molecule has 0 aliphatic rings. The van der Waals surface area contributed by atoms with Crippen molar-refractivity contribution in [2.45, 2.75) is 26.2 Å². The van der Waals surface area contributed by atoms with Gasteiger partial charge >= 0.3 is 0 Å². The molecule has 0 nitrogen and oxygen atoms in total. The molecule has 0 atom stereocenters. The third-order valence-electron chi connectivity index (χ3n) is 1.55. The third-order valence-corrected chi connectivity index (χ3v) is 1.55. The molecule has 1 heteroatoms. The minimum absolute atomic E-state index is 0. The van der Waals surface area contributed by atoms with Gasteiger partial charge in [0.05, 0.1) is 0 Å². The van der Waals surface area contributed by atoms with Crippen molar-refractivity contribution in [3.05, 3.63) is 29.8 Å². The van der Waals surface area contributed by atoms with Gasteiger partial charge in [0, 0.05) is 17.1 Å². The van der Waals surface area contributed by atoms with Crippen molar-refractivity contribution in [3.63, 3.8) is 0 Å². The van der Waals surface area contributed by atoms with Crippen LogP contribution >= 0.6 is 0 Å². The van der Waals surface area contributed by atoms with Crippen molar-refractivity contribution in [1.82, 2.24) is 0 Å². The van der Waals surface area contributed by atoms with Crippen molar-refractivity contribution in [1.29, 1.82) is 0 Å². The average molecular weight is 177 g/mol. The first-order valence-corrected chi connectivity index (χ1v) is 3.64. The zero-order valence-corrected chi connectivity index (χ0v) is 7.39. The van der Waals surface area contributed by atoms with Crippen LogP contribution in [0.15, 0.2) is 24.3 Å². The van der Waals surface area contributed by atoms with Crippen molar-refractivity contribution >= 4 is 0 Å². The molecule has 0 saturated carbocycles. The summed E-state index contributed by atoms with van der Waals surface area (Å²) in [6, 6.07) is 8.58. The number of rotatable bonds is 3. The van der Waals surface area contributed by atoms with Crippen LogP contribution in [0, 0.1) is 0 Å². The summed E-state index contributed by atoms with van der Waals surface area (Å²) >= 11 is 0. The average Bonchev–Trinajstić information content (AvgIpc) is 2.34. The molecule has 1 aromatic carbocycles. The van der Waals surface area contributed by atoms with Crippen LogP contribution in [-0.4, -0.2) is 0 Å². The molecule has 10 heavy (non-hydrogen) atoms. The summed E-state index contributed by atoms with van der Waals surface area (Å²) in [4.78, 5) is 0. The maximum Gasteiger partial charge on any atom is 0 e. The second-order valence-electron chi connectivity index (χ2n) is 2.40. The van der Waals surface area contributed by atoms with Gasteiger partial charge in [-0.05, 0) is 0 Å². The quantitative estimate of drug-likeness (QED) is 0.491. The molecule has 0 radical (unpaired) electrons. The van der Waals surface area contributed by atoms with Gasteiger partial charge in [0.1, 0.15) is 0 Å². The molecule has 0 saturated heterocycles. The molecule has 0 amide bonds. The van der Waals surface area contributed by atoms with Crippen LogP contribution in [0.25, 0.3) is 0 Å². The van der Waals surface area contributed by atoms with Crippen LogP contribution in [0.2, 0.25) is 0 Å². The Hall–Kier alpha value is -0.131. The molecule has 58 valence electrons. The molecule has 0 aliphatic carbocycles. The summed E-state index contributed by atoms with van der Waals surface area (Å²) in [6.07, 6.45) is 3.87. The largest absolute Gasteiger partial charge is 0.213 e. The fourth-order valence-electron chi connectivity index (χ4n) is 0.961. The maximum absolute atomic E-state index is 2.23. The first-order chi connectivity index (χ1) is 4.43. The van der Waals surface area contributed by atoms with Gasteiger partial charge in [0.2, 0.25) is 0 Å².